The van der Waals surface area contributed by atoms with Crippen LogP contribution in [0.15, 0.2) is 29.3 Å². The molecule has 6 nitrogen and oxygen atoms in total. The number of hydrogen-bond acceptors (Lipinski definition) is 3. The zero-order valence-electron chi connectivity index (χ0n) is 15.4. The summed E-state index contributed by atoms with van der Waals surface area (Å²) >= 11 is 0. The van der Waals surface area contributed by atoms with Gasteiger partial charge in [-0.3, -0.25) is 4.79 Å². The smallest absolute Gasteiger partial charge is 0.227 e. The molecule has 24 heavy (non-hydrogen) atoms. The third kappa shape index (κ3) is 6.48. The van der Waals surface area contributed by atoms with Gasteiger partial charge in [0.05, 0.1) is 19.1 Å². The van der Waals surface area contributed by atoms with E-state index in [9.17, 15) is 4.79 Å². The molecule has 1 aromatic carbocycles. The van der Waals surface area contributed by atoms with E-state index in [1.807, 2.05) is 52.0 Å². The number of guanidine groups is 1. The molecule has 0 aliphatic rings. The van der Waals surface area contributed by atoms with Crippen LogP contribution in [0.3, 0.4) is 0 Å². The maximum Gasteiger partial charge on any atom is 0.227 e. The van der Waals surface area contributed by atoms with Gasteiger partial charge in [-0.25, -0.2) is 4.99 Å². The van der Waals surface area contributed by atoms with Gasteiger partial charge in [-0.15, -0.1) is 0 Å². The van der Waals surface area contributed by atoms with Crippen molar-refractivity contribution in [3.05, 3.63) is 29.8 Å². The first-order valence-electron chi connectivity index (χ1n) is 8.36. The highest BCUT2D eigenvalue weighted by Crippen LogP contribution is 2.14. The molecule has 3 N–H and O–H groups in total. The Labute approximate surface area is 145 Å². The Morgan fingerprint density at radius 3 is 2.25 bits per heavy atom. The highest BCUT2D eigenvalue weighted by atomic mass is 16.5. The average Bonchev–Trinajstić information content (AvgIpc) is 2.58. The van der Waals surface area contributed by atoms with Crippen molar-refractivity contribution in [1.82, 2.24) is 16.0 Å². The summed E-state index contributed by atoms with van der Waals surface area (Å²) in [6.07, 6.45) is 0. The second-order valence-electron chi connectivity index (χ2n) is 6.14. The van der Waals surface area contributed by atoms with E-state index >= 15 is 0 Å². The molecule has 0 spiro atoms. The van der Waals surface area contributed by atoms with Crippen molar-refractivity contribution in [3.63, 3.8) is 0 Å². The van der Waals surface area contributed by atoms with Crippen LogP contribution in [0.25, 0.3) is 0 Å². The molecule has 1 aromatic rings. The summed E-state index contributed by atoms with van der Waals surface area (Å²) in [7, 11) is 1.65. The molecule has 6 heteroatoms. The molecule has 0 aliphatic carbocycles. The molecule has 0 atom stereocenters. The molecular weight excluding hydrogens is 304 g/mol. The number of ether oxygens (including phenoxy) is 1. The number of aliphatic imine (C=N–C) groups is 1. The van der Waals surface area contributed by atoms with Crippen molar-refractivity contribution in [2.75, 3.05) is 26.7 Å². The fourth-order valence-electron chi connectivity index (χ4n) is 2.03. The third-order valence-electron chi connectivity index (χ3n) is 3.57. The lowest BCUT2D eigenvalue weighted by atomic mass is 9.92. The van der Waals surface area contributed by atoms with Gasteiger partial charge in [0.1, 0.15) is 5.75 Å². The summed E-state index contributed by atoms with van der Waals surface area (Å²) in [6.45, 7) is 10.2. The lowest BCUT2D eigenvalue weighted by Gasteiger charge is -2.24. The molecule has 0 heterocycles. The molecule has 0 saturated carbocycles. The van der Waals surface area contributed by atoms with Crippen LogP contribution in [-0.4, -0.2) is 38.6 Å². The number of carbonyl (C=O) groups excluding carboxylic acids is 1. The summed E-state index contributed by atoms with van der Waals surface area (Å²) in [5.41, 5.74) is 0.586. The van der Waals surface area contributed by atoms with Crippen LogP contribution in [0.5, 0.6) is 5.75 Å². The number of nitrogens with one attached hydrogen (secondary N) is 3. The standard InChI is InChI=1S/C18H30N4O2/c1-6-19-16(23)18(3,4)13-22-17(20-7-2)21-12-14-8-10-15(24-5)11-9-14/h8-11H,6-7,12-13H2,1-5H3,(H,19,23)(H2,20,21,22). The van der Waals surface area contributed by atoms with Gasteiger partial charge in [-0.1, -0.05) is 12.1 Å². The van der Waals surface area contributed by atoms with Gasteiger partial charge in [-0.2, -0.15) is 0 Å². The minimum Gasteiger partial charge on any atom is -0.497 e. The first-order valence-corrected chi connectivity index (χ1v) is 8.36. The van der Waals surface area contributed by atoms with Crippen LogP contribution in [0.2, 0.25) is 0 Å². The number of benzene rings is 1. The van der Waals surface area contributed by atoms with Crippen molar-refractivity contribution in [3.8, 4) is 5.75 Å². The number of nitrogens with zero attached hydrogens (tertiary/aromatic N) is 1. The second kappa shape index (κ2) is 9.80. The van der Waals surface area contributed by atoms with E-state index in [1.54, 1.807) is 7.11 Å². The Morgan fingerprint density at radius 2 is 1.71 bits per heavy atom. The highest BCUT2D eigenvalue weighted by molar-refractivity contribution is 5.84. The van der Waals surface area contributed by atoms with Crippen LogP contribution < -0.4 is 20.7 Å². The number of methoxy groups -OCH3 is 1. The average molecular weight is 334 g/mol. The normalized spacial score (nSPS) is 11.8. The fourth-order valence-corrected chi connectivity index (χ4v) is 2.03. The van der Waals surface area contributed by atoms with E-state index in [4.69, 9.17) is 4.74 Å². The minimum absolute atomic E-state index is 0.0310. The molecule has 0 fully saturated rings. The number of amides is 1. The van der Waals surface area contributed by atoms with Crippen molar-refractivity contribution in [1.29, 1.82) is 0 Å². The van der Waals surface area contributed by atoms with Crippen molar-refractivity contribution in [2.45, 2.75) is 34.2 Å². The Balaban J connectivity index is 2.66. The van der Waals surface area contributed by atoms with Gasteiger partial charge in [0, 0.05) is 19.6 Å². The molecule has 0 aliphatic heterocycles. The van der Waals surface area contributed by atoms with E-state index in [2.05, 4.69) is 20.9 Å². The Bertz CT molecular complexity index is 538. The maximum atomic E-state index is 12.1. The first kappa shape index (κ1) is 19.8. The third-order valence-corrected chi connectivity index (χ3v) is 3.57. The van der Waals surface area contributed by atoms with Gasteiger partial charge in [-0.05, 0) is 45.4 Å². The monoisotopic (exact) mass is 334 g/mol. The molecule has 0 unspecified atom stereocenters. The molecule has 134 valence electrons. The van der Waals surface area contributed by atoms with Crippen LogP contribution in [-0.2, 0) is 11.3 Å². The van der Waals surface area contributed by atoms with Gasteiger partial charge in [0.2, 0.25) is 5.91 Å². The molecule has 0 saturated heterocycles. The summed E-state index contributed by atoms with van der Waals surface area (Å²) in [4.78, 5) is 16.6. The highest BCUT2D eigenvalue weighted by Gasteiger charge is 2.27. The van der Waals surface area contributed by atoms with Gasteiger partial charge >= 0.3 is 0 Å². The fraction of sp³-hybridized carbons (Fsp3) is 0.556. The maximum absolute atomic E-state index is 12.1. The predicted molar refractivity (Wildman–Crippen MR) is 98.3 cm³/mol. The van der Waals surface area contributed by atoms with Crippen molar-refractivity contribution < 1.29 is 9.53 Å². The number of hydrogen-bond donors (Lipinski definition) is 3. The summed E-state index contributed by atoms with van der Waals surface area (Å²) < 4.78 is 5.15. The van der Waals surface area contributed by atoms with Crippen LogP contribution >= 0.6 is 0 Å². The van der Waals surface area contributed by atoms with E-state index in [1.165, 1.54) is 0 Å². The van der Waals surface area contributed by atoms with Crippen molar-refractivity contribution in [2.24, 2.45) is 10.4 Å². The summed E-state index contributed by atoms with van der Waals surface area (Å²) in [5.74, 6) is 1.56. The lowest BCUT2D eigenvalue weighted by Crippen LogP contribution is -2.47. The van der Waals surface area contributed by atoms with Crippen LogP contribution in [0, 0.1) is 5.41 Å². The Hall–Kier alpha value is -2.24. The van der Waals surface area contributed by atoms with Gasteiger partial charge in [0.15, 0.2) is 5.96 Å². The predicted octanol–water partition coefficient (Wildman–Crippen LogP) is 1.91. The van der Waals surface area contributed by atoms with Crippen LogP contribution in [0.1, 0.15) is 33.3 Å². The molecule has 1 rings (SSSR count). The minimum atomic E-state index is -0.508. The van der Waals surface area contributed by atoms with E-state index in [-0.39, 0.29) is 5.91 Å². The van der Waals surface area contributed by atoms with Gasteiger partial charge in [0.25, 0.3) is 0 Å². The Kier molecular flexibility index (Phi) is 8.09. The quantitative estimate of drug-likeness (QED) is 0.501. The lowest BCUT2D eigenvalue weighted by molar-refractivity contribution is -0.128. The summed E-state index contributed by atoms with van der Waals surface area (Å²) in [5, 5.41) is 9.31. The number of carbonyl (C=O) groups is 1. The zero-order valence-corrected chi connectivity index (χ0v) is 15.4. The number of rotatable bonds is 8. The first-order chi connectivity index (χ1) is 11.4. The van der Waals surface area contributed by atoms with Crippen LogP contribution in [0.4, 0.5) is 0 Å². The SMILES string of the molecule is CCNC(=O)C(C)(C)CNC(=NCc1ccc(OC)cc1)NCC. The Morgan fingerprint density at radius 1 is 1.08 bits per heavy atom. The molecule has 0 aromatic heterocycles. The van der Waals surface area contributed by atoms with E-state index < -0.39 is 5.41 Å². The van der Waals surface area contributed by atoms with Crippen molar-refractivity contribution >= 4 is 11.9 Å². The second-order valence-corrected chi connectivity index (χ2v) is 6.14. The molecule has 0 bridgehead atoms. The molecule has 0 radical (unpaired) electrons. The molecular formula is C18H30N4O2. The molecule has 1 amide bonds. The van der Waals surface area contributed by atoms with Gasteiger partial charge < -0.3 is 20.7 Å². The topological polar surface area (TPSA) is 74.8 Å². The summed E-state index contributed by atoms with van der Waals surface area (Å²) in [6, 6.07) is 7.82. The van der Waals surface area contributed by atoms with E-state index in [0.717, 1.165) is 17.9 Å². The van der Waals surface area contributed by atoms with E-state index in [0.29, 0.717) is 25.6 Å². The largest absolute Gasteiger partial charge is 0.497 e. The zero-order chi connectivity index (χ0) is 18.0.